The molecule has 0 radical (unpaired) electrons. The van der Waals surface area contributed by atoms with Gasteiger partial charge in [-0.25, -0.2) is 0 Å². The first kappa shape index (κ1) is 17.7. The monoisotopic (exact) mass is 363 g/mol. The fraction of sp³-hybridized carbons (Fsp3) is 0.348. The molecule has 0 saturated carbocycles. The van der Waals surface area contributed by atoms with Crippen molar-refractivity contribution in [3.8, 4) is 5.75 Å². The molecule has 4 nitrogen and oxygen atoms in total. The van der Waals surface area contributed by atoms with E-state index < -0.39 is 0 Å². The minimum atomic E-state index is -0.00673. The number of allylic oxidation sites excluding steroid dienone is 1. The number of nitrogens with zero attached hydrogens (tertiary/aromatic N) is 1. The van der Waals surface area contributed by atoms with E-state index in [9.17, 15) is 4.79 Å². The van der Waals surface area contributed by atoms with Gasteiger partial charge < -0.3 is 13.7 Å². The van der Waals surface area contributed by atoms with Gasteiger partial charge in [-0.3, -0.25) is 4.79 Å². The second kappa shape index (κ2) is 7.10. The number of carbonyl (C=O) groups excluding carboxylic acids is 1. The number of aromatic nitrogens is 1. The molecule has 2 heterocycles. The summed E-state index contributed by atoms with van der Waals surface area (Å²) < 4.78 is 13.9. The van der Waals surface area contributed by atoms with Crippen molar-refractivity contribution < 1.29 is 13.9 Å². The van der Waals surface area contributed by atoms with Gasteiger partial charge in [-0.1, -0.05) is 6.08 Å². The van der Waals surface area contributed by atoms with Gasteiger partial charge in [0.05, 0.1) is 0 Å². The van der Waals surface area contributed by atoms with Crippen molar-refractivity contribution in [1.82, 2.24) is 4.57 Å². The van der Waals surface area contributed by atoms with Crippen LogP contribution < -0.4 is 4.74 Å². The highest BCUT2D eigenvalue weighted by molar-refractivity contribution is 5.98. The van der Waals surface area contributed by atoms with Crippen LogP contribution in [-0.4, -0.2) is 17.0 Å². The summed E-state index contributed by atoms with van der Waals surface area (Å²) in [5.74, 6) is 1.82. The number of aryl methyl sites for hydroxylation is 3. The molecule has 4 heteroatoms. The Morgan fingerprint density at radius 2 is 2.07 bits per heavy atom. The molecular formula is C23H25NO3. The van der Waals surface area contributed by atoms with E-state index in [0.717, 1.165) is 46.5 Å². The molecule has 2 aromatic heterocycles. The minimum absolute atomic E-state index is 0.00673. The van der Waals surface area contributed by atoms with Gasteiger partial charge in [-0.05, 0) is 57.4 Å². The van der Waals surface area contributed by atoms with Crippen LogP contribution in [0.2, 0.25) is 0 Å². The predicted octanol–water partition coefficient (Wildman–Crippen LogP) is 5.18. The summed E-state index contributed by atoms with van der Waals surface area (Å²) in [5, 5.41) is 1.12. The van der Waals surface area contributed by atoms with Gasteiger partial charge in [0.2, 0.25) is 5.78 Å². The van der Waals surface area contributed by atoms with E-state index in [-0.39, 0.29) is 12.4 Å². The third-order valence-corrected chi connectivity index (χ3v) is 5.48. The van der Waals surface area contributed by atoms with Crippen molar-refractivity contribution in [3.05, 3.63) is 65.2 Å². The lowest BCUT2D eigenvalue weighted by Crippen LogP contribution is -2.13. The van der Waals surface area contributed by atoms with Gasteiger partial charge in [0.15, 0.2) is 6.61 Å². The molecule has 1 aromatic carbocycles. The SMILES string of the molecule is C=CCn1c(C)cc(C(=O)COc2ccc3oc4c(c3c2)CCCC4)c1C. The molecule has 0 atom stereocenters. The zero-order valence-corrected chi connectivity index (χ0v) is 16.0. The Kier molecular flexibility index (Phi) is 4.65. The van der Waals surface area contributed by atoms with Crippen LogP contribution in [0.5, 0.6) is 5.75 Å². The third kappa shape index (κ3) is 3.20. The predicted molar refractivity (Wildman–Crippen MR) is 107 cm³/mol. The van der Waals surface area contributed by atoms with Gasteiger partial charge >= 0.3 is 0 Å². The summed E-state index contributed by atoms with van der Waals surface area (Å²) >= 11 is 0. The van der Waals surface area contributed by atoms with Crippen molar-refractivity contribution in [3.63, 3.8) is 0 Å². The number of rotatable bonds is 6. The molecule has 1 aliphatic carbocycles. The zero-order chi connectivity index (χ0) is 19.0. The second-order valence-electron chi connectivity index (χ2n) is 7.26. The van der Waals surface area contributed by atoms with Crippen LogP contribution in [0.25, 0.3) is 11.0 Å². The van der Waals surface area contributed by atoms with Gasteiger partial charge in [-0.2, -0.15) is 0 Å². The number of benzene rings is 1. The van der Waals surface area contributed by atoms with Crippen LogP contribution in [0.3, 0.4) is 0 Å². The average Bonchev–Trinajstić information content (AvgIpc) is 3.18. The summed E-state index contributed by atoms with van der Waals surface area (Å²) in [5.41, 5.74) is 4.95. The molecule has 3 aromatic rings. The number of fused-ring (bicyclic) bond motifs is 3. The van der Waals surface area contributed by atoms with E-state index in [4.69, 9.17) is 9.15 Å². The van der Waals surface area contributed by atoms with Crippen LogP contribution in [-0.2, 0) is 19.4 Å². The molecule has 0 saturated heterocycles. The van der Waals surface area contributed by atoms with Crippen LogP contribution >= 0.6 is 0 Å². The summed E-state index contributed by atoms with van der Waals surface area (Å²) in [6, 6.07) is 7.77. The second-order valence-corrected chi connectivity index (χ2v) is 7.26. The number of hydrogen-bond acceptors (Lipinski definition) is 3. The fourth-order valence-corrected chi connectivity index (χ4v) is 4.05. The van der Waals surface area contributed by atoms with Crippen LogP contribution in [0.1, 0.15) is 45.9 Å². The first-order valence-corrected chi connectivity index (χ1v) is 9.56. The number of ketones is 1. The number of carbonyl (C=O) groups is 1. The number of ether oxygens (including phenoxy) is 1. The summed E-state index contributed by atoms with van der Waals surface area (Å²) in [6.07, 6.45) is 6.30. The van der Waals surface area contributed by atoms with E-state index in [1.54, 1.807) is 0 Å². The van der Waals surface area contributed by atoms with Gasteiger partial charge in [0.1, 0.15) is 17.1 Å². The van der Waals surface area contributed by atoms with Crippen molar-refractivity contribution in [2.24, 2.45) is 0 Å². The first-order valence-electron chi connectivity index (χ1n) is 9.56. The molecule has 0 unspecified atom stereocenters. The van der Waals surface area contributed by atoms with Crippen molar-refractivity contribution in [1.29, 1.82) is 0 Å². The van der Waals surface area contributed by atoms with Crippen molar-refractivity contribution in [2.45, 2.75) is 46.1 Å². The third-order valence-electron chi connectivity index (χ3n) is 5.48. The Balaban J connectivity index is 1.52. The van der Waals surface area contributed by atoms with E-state index in [1.165, 1.54) is 18.4 Å². The lowest BCUT2D eigenvalue weighted by molar-refractivity contribution is 0.0921. The molecule has 0 aliphatic heterocycles. The average molecular weight is 363 g/mol. The highest BCUT2D eigenvalue weighted by atomic mass is 16.5. The normalized spacial score (nSPS) is 13.6. The number of furan rings is 1. The lowest BCUT2D eigenvalue weighted by atomic mass is 9.96. The van der Waals surface area contributed by atoms with E-state index in [1.807, 2.05) is 44.2 Å². The summed E-state index contributed by atoms with van der Waals surface area (Å²) in [4.78, 5) is 12.7. The first-order chi connectivity index (χ1) is 13.1. The standard InChI is InChI=1S/C23H25NO3/c1-4-11-24-15(2)12-19(16(24)3)21(25)14-26-17-9-10-23-20(13-17)18-7-5-6-8-22(18)27-23/h4,9-10,12-13H,1,5-8,11,14H2,2-3H3. The lowest BCUT2D eigenvalue weighted by Gasteiger charge is -2.09. The quantitative estimate of drug-likeness (QED) is 0.448. The molecule has 0 spiro atoms. The van der Waals surface area contributed by atoms with Crippen LogP contribution in [0, 0.1) is 13.8 Å². The Morgan fingerprint density at radius 1 is 1.26 bits per heavy atom. The van der Waals surface area contributed by atoms with E-state index in [0.29, 0.717) is 12.3 Å². The van der Waals surface area contributed by atoms with Gasteiger partial charge in [0, 0.05) is 40.9 Å². The minimum Gasteiger partial charge on any atom is -0.485 e. The zero-order valence-electron chi connectivity index (χ0n) is 16.0. The Bertz CT molecular complexity index is 1020. The fourth-order valence-electron chi connectivity index (χ4n) is 4.05. The summed E-state index contributed by atoms with van der Waals surface area (Å²) in [7, 11) is 0. The topological polar surface area (TPSA) is 44.4 Å². The molecule has 4 rings (SSSR count). The van der Waals surface area contributed by atoms with Gasteiger partial charge in [0.25, 0.3) is 0 Å². The maximum absolute atomic E-state index is 12.7. The molecule has 0 N–H and O–H groups in total. The Morgan fingerprint density at radius 3 is 2.89 bits per heavy atom. The van der Waals surface area contributed by atoms with Crippen LogP contribution in [0.15, 0.2) is 41.3 Å². The largest absolute Gasteiger partial charge is 0.485 e. The highest BCUT2D eigenvalue weighted by Gasteiger charge is 2.19. The van der Waals surface area contributed by atoms with Gasteiger partial charge in [-0.15, -0.1) is 6.58 Å². The molecule has 0 bridgehead atoms. The summed E-state index contributed by atoms with van der Waals surface area (Å²) in [6.45, 7) is 8.49. The molecule has 0 fully saturated rings. The van der Waals surface area contributed by atoms with E-state index >= 15 is 0 Å². The Hall–Kier alpha value is -2.75. The molecule has 27 heavy (non-hydrogen) atoms. The van der Waals surface area contributed by atoms with Crippen molar-refractivity contribution >= 4 is 16.8 Å². The molecular weight excluding hydrogens is 338 g/mol. The Labute approximate surface area is 159 Å². The maximum Gasteiger partial charge on any atom is 0.202 e. The smallest absolute Gasteiger partial charge is 0.202 e. The van der Waals surface area contributed by atoms with E-state index in [2.05, 4.69) is 11.1 Å². The maximum atomic E-state index is 12.7. The van der Waals surface area contributed by atoms with Crippen LogP contribution in [0.4, 0.5) is 0 Å². The van der Waals surface area contributed by atoms with Crippen molar-refractivity contribution in [2.75, 3.05) is 6.61 Å². The molecule has 140 valence electrons. The number of hydrogen-bond donors (Lipinski definition) is 0. The number of Topliss-reactive ketones (excluding diaryl/α,β-unsaturated/α-hetero) is 1. The highest BCUT2D eigenvalue weighted by Crippen LogP contribution is 2.34. The molecule has 1 aliphatic rings. The molecule has 0 amide bonds.